The molecule has 2 aromatic carbocycles. The molecule has 1 heterocycles. The first kappa shape index (κ1) is 21.8. The largest absolute Gasteiger partial charge is 0.481 e. The van der Waals surface area contributed by atoms with Gasteiger partial charge in [0.2, 0.25) is 10.0 Å². The van der Waals surface area contributed by atoms with Crippen LogP contribution in [0.5, 0.6) is 5.75 Å². The van der Waals surface area contributed by atoms with Gasteiger partial charge in [0, 0.05) is 18.8 Å². The van der Waals surface area contributed by atoms with Gasteiger partial charge in [-0.3, -0.25) is 4.79 Å². The van der Waals surface area contributed by atoms with E-state index >= 15 is 0 Å². The van der Waals surface area contributed by atoms with Crippen molar-refractivity contribution in [1.82, 2.24) is 4.31 Å². The number of nitrogens with zero attached hydrogens (tertiary/aromatic N) is 1. The highest BCUT2D eigenvalue weighted by Crippen LogP contribution is 2.27. The van der Waals surface area contributed by atoms with E-state index in [-0.39, 0.29) is 10.8 Å². The highest BCUT2D eigenvalue weighted by atomic mass is 32.2. The Morgan fingerprint density at radius 2 is 1.68 bits per heavy atom. The van der Waals surface area contributed by atoms with Crippen LogP contribution in [0.15, 0.2) is 47.4 Å². The van der Waals surface area contributed by atoms with Crippen LogP contribution in [0.4, 0.5) is 5.69 Å². The molecule has 166 valence electrons. The SMILES string of the molecule is CC[C@H](Oc1ccc2c(c1)CCCC2)C(=O)Nc1ccc(S(=O)(=O)N2CCCC2)cc1. The van der Waals surface area contributed by atoms with Crippen LogP contribution in [0, 0.1) is 0 Å². The van der Waals surface area contributed by atoms with E-state index in [1.807, 2.05) is 13.0 Å². The Kier molecular flexibility index (Phi) is 6.62. The van der Waals surface area contributed by atoms with Crippen molar-refractivity contribution < 1.29 is 17.9 Å². The lowest BCUT2D eigenvalue weighted by molar-refractivity contribution is -0.122. The average Bonchev–Trinajstić information content (AvgIpc) is 3.33. The molecule has 4 rings (SSSR count). The van der Waals surface area contributed by atoms with Crippen LogP contribution in [0.3, 0.4) is 0 Å². The van der Waals surface area contributed by atoms with E-state index in [0.29, 0.717) is 25.2 Å². The highest BCUT2D eigenvalue weighted by molar-refractivity contribution is 7.89. The van der Waals surface area contributed by atoms with Crippen molar-refractivity contribution in [2.45, 2.75) is 62.9 Å². The quantitative estimate of drug-likeness (QED) is 0.699. The maximum Gasteiger partial charge on any atom is 0.265 e. The van der Waals surface area contributed by atoms with Gasteiger partial charge in [-0.1, -0.05) is 13.0 Å². The summed E-state index contributed by atoms with van der Waals surface area (Å²) in [5.41, 5.74) is 3.24. The number of sulfonamides is 1. The smallest absolute Gasteiger partial charge is 0.265 e. The van der Waals surface area contributed by atoms with Gasteiger partial charge in [-0.15, -0.1) is 0 Å². The van der Waals surface area contributed by atoms with Crippen LogP contribution in [0.25, 0.3) is 0 Å². The Hall–Kier alpha value is -2.38. The first-order chi connectivity index (χ1) is 15.0. The molecule has 0 unspecified atom stereocenters. The number of carbonyl (C=O) groups excluding carboxylic acids is 1. The molecule has 6 nitrogen and oxygen atoms in total. The number of nitrogens with one attached hydrogen (secondary N) is 1. The van der Waals surface area contributed by atoms with E-state index < -0.39 is 16.1 Å². The van der Waals surface area contributed by atoms with Crippen LogP contribution < -0.4 is 10.1 Å². The Morgan fingerprint density at radius 3 is 2.35 bits per heavy atom. The lowest BCUT2D eigenvalue weighted by Crippen LogP contribution is -2.32. The number of carbonyl (C=O) groups is 1. The Bertz CT molecular complexity index is 1030. The molecule has 0 aromatic heterocycles. The molecule has 1 aliphatic heterocycles. The molecule has 1 N–H and O–H groups in total. The second-order valence-electron chi connectivity index (χ2n) is 8.28. The van der Waals surface area contributed by atoms with Crippen molar-refractivity contribution in [2.75, 3.05) is 18.4 Å². The molecule has 1 aliphatic carbocycles. The van der Waals surface area contributed by atoms with Crippen molar-refractivity contribution in [3.8, 4) is 5.75 Å². The summed E-state index contributed by atoms with van der Waals surface area (Å²) in [5.74, 6) is 0.477. The summed E-state index contributed by atoms with van der Waals surface area (Å²) in [7, 11) is -3.46. The van der Waals surface area contributed by atoms with Crippen LogP contribution in [0.2, 0.25) is 0 Å². The summed E-state index contributed by atoms with van der Waals surface area (Å²) in [6.07, 6.45) is 6.30. The van der Waals surface area contributed by atoms with E-state index in [1.165, 1.54) is 28.3 Å². The number of hydrogen-bond donors (Lipinski definition) is 1. The fourth-order valence-electron chi connectivity index (χ4n) is 4.28. The number of anilines is 1. The van der Waals surface area contributed by atoms with E-state index in [1.54, 1.807) is 24.3 Å². The first-order valence-electron chi connectivity index (χ1n) is 11.2. The Labute approximate surface area is 184 Å². The molecule has 1 amide bonds. The minimum Gasteiger partial charge on any atom is -0.481 e. The summed E-state index contributed by atoms with van der Waals surface area (Å²) in [5, 5.41) is 2.85. The number of amides is 1. The Morgan fingerprint density at radius 1 is 1.00 bits per heavy atom. The van der Waals surface area contributed by atoms with E-state index in [4.69, 9.17) is 4.74 Å². The standard InChI is InChI=1S/C24H30N2O4S/c1-2-23(30-21-12-9-18-7-3-4-8-19(18)17-21)24(27)25-20-10-13-22(14-11-20)31(28,29)26-15-5-6-16-26/h9-14,17,23H,2-8,15-16H2,1H3,(H,25,27)/t23-/m0/s1. The van der Waals surface area contributed by atoms with E-state index in [9.17, 15) is 13.2 Å². The second-order valence-corrected chi connectivity index (χ2v) is 10.2. The zero-order valence-corrected chi connectivity index (χ0v) is 18.8. The second kappa shape index (κ2) is 9.40. The maximum atomic E-state index is 12.8. The fraction of sp³-hybridized carbons (Fsp3) is 0.458. The molecule has 0 spiro atoms. The van der Waals surface area contributed by atoms with Crippen molar-refractivity contribution >= 4 is 21.6 Å². The molecule has 1 atom stereocenters. The van der Waals surface area contributed by atoms with Gasteiger partial charge in [-0.2, -0.15) is 4.31 Å². The number of fused-ring (bicyclic) bond motifs is 1. The van der Waals surface area contributed by atoms with Gasteiger partial charge < -0.3 is 10.1 Å². The van der Waals surface area contributed by atoms with E-state index in [0.717, 1.165) is 31.4 Å². The number of aryl methyl sites for hydroxylation is 2. The minimum atomic E-state index is -3.46. The lowest BCUT2D eigenvalue weighted by Gasteiger charge is -2.20. The highest BCUT2D eigenvalue weighted by Gasteiger charge is 2.27. The van der Waals surface area contributed by atoms with Gasteiger partial charge in [-0.05, 0) is 92.5 Å². The van der Waals surface area contributed by atoms with Crippen molar-refractivity contribution in [3.05, 3.63) is 53.6 Å². The number of hydrogen-bond acceptors (Lipinski definition) is 4. The minimum absolute atomic E-state index is 0.240. The van der Waals surface area contributed by atoms with E-state index in [2.05, 4.69) is 17.4 Å². The lowest BCUT2D eigenvalue weighted by atomic mass is 9.92. The first-order valence-corrected chi connectivity index (χ1v) is 12.6. The number of rotatable bonds is 7. The average molecular weight is 443 g/mol. The topological polar surface area (TPSA) is 75.7 Å². The summed E-state index contributed by atoms with van der Waals surface area (Å²) in [4.78, 5) is 13.0. The van der Waals surface area contributed by atoms with Crippen LogP contribution in [-0.4, -0.2) is 37.8 Å². The predicted molar refractivity (Wildman–Crippen MR) is 121 cm³/mol. The van der Waals surface area contributed by atoms with Gasteiger partial charge in [-0.25, -0.2) is 8.42 Å². The summed E-state index contributed by atoms with van der Waals surface area (Å²) in [6.45, 7) is 3.05. The third-order valence-corrected chi connectivity index (χ3v) is 8.00. The van der Waals surface area contributed by atoms with Gasteiger partial charge >= 0.3 is 0 Å². The third kappa shape index (κ3) is 4.93. The molecule has 1 saturated heterocycles. The van der Waals surface area contributed by atoms with Crippen molar-refractivity contribution in [3.63, 3.8) is 0 Å². The molecule has 0 bridgehead atoms. The molecular weight excluding hydrogens is 412 g/mol. The van der Waals surface area contributed by atoms with Gasteiger partial charge in [0.05, 0.1) is 4.90 Å². The zero-order chi connectivity index (χ0) is 21.8. The van der Waals surface area contributed by atoms with Gasteiger partial charge in [0.1, 0.15) is 5.75 Å². The monoisotopic (exact) mass is 442 g/mol. The fourth-order valence-corrected chi connectivity index (χ4v) is 5.80. The zero-order valence-electron chi connectivity index (χ0n) is 18.0. The molecule has 2 aromatic rings. The molecule has 31 heavy (non-hydrogen) atoms. The van der Waals surface area contributed by atoms with Crippen LogP contribution in [-0.2, 0) is 27.7 Å². The molecule has 7 heteroatoms. The predicted octanol–water partition coefficient (Wildman–Crippen LogP) is 4.15. The molecule has 2 aliphatic rings. The summed E-state index contributed by atoms with van der Waals surface area (Å²) >= 11 is 0. The van der Waals surface area contributed by atoms with Crippen LogP contribution >= 0.6 is 0 Å². The summed E-state index contributed by atoms with van der Waals surface area (Å²) < 4.78 is 32.8. The third-order valence-electron chi connectivity index (χ3n) is 6.09. The molecule has 1 fully saturated rings. The number of benzene rings is 2. The maximum absolute atomic E-state index is 12.8. The summed E-state index contributed by atoms with van der Waals surface area (Å²) in [6, 6.07) is 12.5. The normalized spacial score (nSPS) is 17.7. The molecule has 0 radical (unpaired) electrons. The van der Waals surface area contributed by atoms with Gasteiger partial charge in [0.25, 0.3) is 5.91 Å². The molecule has 0 saturated carbocycles. The van der Waals surface area contributed by atoms with Crippen LogP contribution in [0.1, 0.15) is 50.2 Å². The number of ether oxygens (including phenoxy) is 1. The Balaban J connectivity index is 1.40. The van der Waals surface area contributed by atoms with Gasteiger partial charge in [0.15, 0.2) is 6.10 Å². The molecular formula is C24H30N2O4S. The van der Waals surface area contributed by atoms with Crippen molar-refractivity contribution in [1.29, 1.82) is 0 Å². The van der Waals surface area contributed by atoms with Crippen molar-refractivity contribution in [2.24, 2.45) is 0 Å².